The smallest absolute Gasteiger partial charge is 0.276 e. The predicted molar refractivity (Wildman–Crippen MR) is 117 cm³/mol. The Bertz CT molecular complexity index is 1340. The molecule has 0 saturated heterocycles. The quantitative estimate of drug-likeness (QED) is 0.426. The Morgan fingerprint density at radius 2 is 2.00 bits per heavy atom. The Hall–Kier alpha value is -3.75. The average molecular weight is 451 g/mol. The monoisotopic (exact) mass is 451 g/mol. The molecule has 0 aliphatic heterocycles. The summed E-state index contributed by atoms with van der Waals surface area (Å²) in [5, 5.41) is 9.95. The molecule has 2 N–H and O–H groups in total. The third-order valence-corrected chi connectivity index (χ3v) is 5.95. The number of nitrogens with zero attached hydrogens (tertiary/aromatic N) is 3. The number of aromatic nitrogens is 4. The Labute approximate surface area is 187 Å². The lowest BCUT2D eigenvalue weighted by atomic mass is 9.96. The van der Waals surface area contributed by atoms with Crippen LogP contribution in [0.15, 0.2) is 55.1 Å². The van der Waals surface area contributed by atoms with Crippen LogP contribution in [0, 0.1) is 11.7 Å². The third-order valence-electron chi connectivity index (χ3n) is 5.95. The molecule has 1 fully saturated rings. The zero-order valence-corrected chi connectivity index (χ0v) is 17.5. The molecule has 9 heteroatoms. The van der Waals surface area contributed by atoms with Crippen molar-refractivity contribution >= 4 is 22.5 Å². The second-order valence-corrected chi connectivity index (χ2v) is 8.39. The van der Waals surface area contributed by atoms with Crippen molar-refractivity contribution in [3.05, 3.63) is 72.2 Å². The Kier molecular flexibility index (Phi) is 5.32. The van der Waals surface area contributed by atoms with Gasteiger partial charge in [-0.3, -0.25) is 19.9 Å². The third kappa shape index (κ3) is 4.44. The molecule has 0 spiro atoms. The molecule has 168 valence electrons. The molecule has 1 atom stereocenters. The highest BCUT2D eigenvalue weighted by Gasteiger charge is 2.39. The minimum atomic E-state index is -2.57. The lowest BCUT2D eigenvalue weighted by Crippen LogP contribution is -2.14. The zero-order valence-electron chi connectivity index (χ0n) is 17.5. The number of rotatable bonds is 5. The maximum atomic E-state index is 13.9. The van der Waals surface area contributed by atoms with E-state index in [1.165, 1.54) is 12.4 Å². The van der Waals surface area contributed by atoms with Gasteiger partial charge in [0.05, 0.1) is 17.4 Å². The number of carbonyl (C=O) groups is 1. The maximum absolute atomic E-state index is 13.9. The normalized spacial score (nSPS) is 17.4. The molecule has 1 amide bonds. The zero-order chi connectivity index (χ0) is 23.0. The summed E-state index contributed by atoms with van der Waals surface area (Å²) in [4.78, 5) is 20.8. The minimum Gasteiger partial charge on any atom is -0.317 e. The molecule has 1 unspecified atom stereocenters. The SMILES string of the molecule is O=C(Nc1cnccc1F)c1n[nH]c2ccc(-c3cncc(CC4CCC(F)(F)C4)c3)cc12. The van der Waals surface area contributed by atoms with Crippen LogP contribution in [0.25, 0.3) is 22.0 Å². The number of benzene rings is 1. The van der Waals surface area contributed by atoms with Gasteiger partial charge in [-0.1, -0.05) is 6.07 Å². The van der Waals surface area contributed by atoms with Crippen molar-refractivity contribution in [2.24, 2.45) is 5.92 Å². The first-order valence-corrected chi connectivity index (χ1v) is 10.6. The van der Waals surface area contributed by atoms with Crippen LogP contribution in [-0.2, 0) is 6.42 Å². The second kappa shape index (κ2) is 8.31. The highest BCUT2D eigenvalue weighted by Crippen LogP contribution is 2.40. The number of pyridine rings is 2. The highest BCUT2D eigenvalue weighted by molar-refractivity contribution is 6.11. The Morgan fingerprint density at radius 3 is 2.79 bits per heavy atom. The number of halogens is 3. The van der Waals surface area contributed by atoms with Crippen molar-refractivity contribution < 1.29 is 18.0 Å². The Morgan fingerprint density at radius 1 is 1.12 bits per heavy atom. The van der Waals surface area contributed by atoms with Crippen LogP contribution in [0.2, 0.25) is 0 Å². The van der Waals surface area contributed by atoms with E-state index >= 15 is 0 Å². The molecule has 0 bridgehead atoms. The number of hydrogen-bond acceptors (Lipinski definition) is 4. The van der Waals surface area contributed by atoms with Crippen LogP contribution in [0.3, 0.4) is 0 Å². The van der Waals surface area contributed by atoms with Gasteiger partial charge in [0.25, 0.3) is 5.91 Å². The van der Waals surface area contributed by atoms with E-state index in [1.54, 1.807) is 24.5 Å². The number of alkyl halides is 2. The Balaban J connectivity index is 1.41. The van der Waals surface area contributed by atoms with E-state index < -0.39 is 17.6 Å². The molecule has 4 aromatic rings. The minimum absolute atomic E-state index is 0.0378. The number of aromatic amines is 1. The molecule has 33 heavy (non-hydrogen) atoms. The van der Waals surface area contributed by atoms with Gasteiger partial charge in [-0.2, -0.15) is 5.10 Å². The number of anilines is 1. The molecule has 3 aromatic heterocycles. The summed E-state index contributed by atoms with van der Waals surface area (Å²) in [5.41, 5.74) is 3.23. The van der Waals surface area contributed by atoms with E-state index in [4.69, 9.17) is 0 Å². The molecule has 1 saturated carbocycles. The summed E-state index contributed by atoms with van der Waals surface area (Å²) in [6.45, 7) is 0. The lowest BCUT2D eigenvalue weighted by molar-refractivity contribution is 0.00507. The van der Waals surface area contributed by atoms with Gasteiger partial charge in [0, 0.05) is 42.4 Å². The fraction of sp³-hybridized carbons (Fsp3) is 0.250. The van der Waals surface area contributed by atoms with Crippen LogP contribution in [-0.4, -0.2) is 32.0 Å². The van der Waals surface area contributed by atoms with Crippen molar-refractivity contribution in [3.63, 3.8) is 0 Å². The van der Waals surface area contributed by atoms with Crippen molar-refractivity contribution in [2.45, 2.75) is 31.6 Å². The fourth-order valence-electron chi connectivity index (χ4n) is 4.32. The molecule has 1 aromatic carbocycles. The van der Waals surface area contributed by atoms with Crippen LogP contribution in [0.4, 0.5) is 18.9 Å². The van der Waals surface area contributed by atoms with Gasteiger partial charge in [0.15, 0.2) is 5.69 Å². The number of nitrogens with one attached hydrogen (secondary N) is 2. The molecule has 0 radical (unpaired) electrons. The summed E-state index contributed by atoms with van der Waals surface area (Å²) >= 11 is 0. The second-order valence-electron chi connectivity index (χ2n) is 8.39. The van der Waals surface area contributed by atoms with Gasteiger partial charge in [-0.15, -0.1) is 0 Å². The number of H-pyrrole nitrogens is 1. The van der Waals surface area contributed by atoms with Gasteiger partial charge in [-0.05, 0) is 54.2 Å². The van der Waals surface area contributed by atoms with E-state index in [0.29, 0.717) is 23.7 Å². The summed E-state index contributed by atoms with van der Waals surface area (Å²) in [6.07, 6.45) is 6.83. The van der Waals surface area contributed by atoms with E-state index in [9.17, 15) is 18.0 Å². The van der Waals surface area contributed by atoms with E-state index in [1.807, 2.05) is 12.1 Å². The highest BCUT2D eigenvalue weighted by atomic mass is 19.3. The van der Waals surface area contributed by atoms with Gasteiger partial charge in [0.2, 0.25) is 5.92 Å². The lowest BCUT2D eigenvalue weighted by Gasteiger charge is -2.11. The molecule has 3 heterocycles. The van der Waals surface area contributed by atoms with Gasteiger partial charge < -0.3 is 5.32 Å². The van der Waals surface area contributed by atoms with Gasteiger partial charge in [-0.25, -0.2) is 13.2 Å². The van der Waals surface area contributed by atoms with Gasteiger partial charge in [0.1, 0.15) is 5.82 Å². The van der Waals surface area contributed by atoms with Crippen molar-refractivity contribution in [2.75, 3.05) is 5.32 Å². The topological polar surface area (TPSA) is 83.6 Å². The van der Waals surface area contributed by atoms with E-state index in [-0.39, 0.29) is 30.1 Å². The van der Waals surface area contributed by atoms with E-state index in [0.717, 1.165) is 22.8 Å². The largest absolute Gasteiger partial charge is 0.317 e. The number of carbonyl (C=O) groups excluding carboxylic acids is 1. The van der Waals surface area contributed by atoms with Crippen LogP contribution in [0.5, 0.6) is 0 Å². The van der Waals surface area contributed by atoms with Crippen LogP contribution < -0.4 is 5.32 Å². The first-order chi connectivity index (χ1) is 15.9. The molecule has 1 aliphatic carbocycles. The van der Waals surface area contributed by atoms with Crippen molar-refractivity contribution in [3.8, 4) is 11.1 Å². The summed E-state index contributed by atoms with van der Waals surface area (Å²) in [5.74, 6) is -3.80. The molecule has 5 rings (SSSR count). The molecule has 1 aliphatic rings. The summed E-state index contributed by atoms with van der Waals surface area (Å²) in [7, 11) is 0. The maximum Gasteiger partial charge on any atom is 0.276 e. The number of fused-ring (bicyclic) bond motifs is 1. The number of amides is 1. The number of hydrogen-bond donors (Lipinski definition) is 2. The first kappa shape index (κ1) is 21.1. The van der Waals surface area contributed by atoms with Crippen LogP contribution in [0.1, 0.15) is 35.3 Å². The van der Waals surface area contributed by atoms with Gasteiger partial charge >= 0.3 is 0 Å². The molecular weight excluding hydrogens is 431 g/mol. The summed E-state index contributed by atoms with van der Waals surface area (Å²) < 4.78 is 41.0. The summed E-state index contributed by atoms with van der Waals surface area (Å²) in [6, 6.07) is 8.56. The van der Waals surface area contributed by atoms with E-state index in [2.05, 4.69) is 25.5 Å². The van der Waals surface area contributed by atoms with Crippen molar-refractivity contribution in [1.29, 1.82) is 0 Å². The molecule has 6 nitrogen and oxygen atoms in total. The van der Waals surface area contributed by atoms with Crippen LogP contribution >= 0.6 is 0 Å². The fourth-order valence-corrected chi connectivity index (χ4v) is 4.32. The van der Waals surface area contributed by atoms with Crippen molar-refractivity contribution in [1.82, 2.24) is 20.2 Å². The first-order valence-electron chi connectivity index (χ1n) is 10.6. The standard InChI is InChI=1S/C24H20F3N5O/c25-19-4-6-28-13-21(19)30-23(33)22-18-9-16(1-2-20(18)31-32-22)17-8-15(11-29-12-17)7-14-3-5-24(26,27)10-14/h1-2,4,6,8-9,11-14H,3,5,7,10H2,(H,30,33)(H,31,32). The average Bonchev–Trinajstić information content (AvgIpc) is 3.37. The molecular formula is C24H20F3N5O. The predicted octanol–water partition coefficient (Wildman–Crippen LogP) is 5.39.